The van der Waals surface area contributed by atoms with Gasteiger partial charge in [0.25, 0.3) is 5.91 Å². The van der Waals surface area contributed by atoms with Crippen LogP contribution in [0.25, 0.3) is 11.4 Å². The number of piperidine rings is 1. The number of H-pyrrole nitrogens is 1. The number of aromatic nitrogens is 4. The van der Waals surface area contributed by atoms with Gasteiger partial charge in [-0.2, -0.15) is 5.10 Å². The summed E-state index contributed by atoms with van der Waals surface area (Å²) in [4.78, 5) is 35.5. The van der Waals surface area contributed by atoms with Crippen LogP contribution >= 0.6 is 0 Å². The topological polar surface area (TPSA) is 104 Å². The van der Waals surface area contributed by atoms with Crippen molar-refractivity contribution in [1.82, 2.24) is 25.1 Å². The van der Waals surface area contributed by atoms with E-state index in [9.17, 15) is 9.59 Å². The first-order valence-corrected chi connectivity index (χ1v) is 9.19. The number of likely N-dealkylation sites (tertiary alicyclic amines) is 1. The fourth-order valence-corrected chi connectivity index (χ4v) is 3.29. The minimum absolute atomic E-state index is 0.116. The predicted molar refractivity (Wildman–Crippen MR) is 103 cm³/mol. The van der Waals surface area contributed by atoms with Crippen LogP contribution in [-0.2, 0) is 4.79 Å². The summed E-state index contributed by atoms with van der Waals surface area (Å²) in [6.45, 7) is 0.986. The predicted octanol–water partition coefficient (Wildman–Crippen LogP) is 2.36. The Bertz CT molecular complexity index is 957. The minimum Gasteiger partial charge on any atom is -0.337 e. The second kappa shape index (κ2) is 7.99. The lowest BCUT2D eigenvalue weighted by Gasteiger charge is -2.31. The molecule has 0 bridgehead atoms. The molecule has 0 radical (unpaired) electrons. The fraction of sp³-hybridized carbons (Fsp3) is 0.250. The summed E-state index contributed by atoms with van der Waals surface area (Å²) in [6, 6.07) is 12.6. The average molecular weight is 376 g/mol. The Balaban J connectivity index is 1.42. The van der Waals surface area contributed by atoms with Crippen molar-refractivity contribution in [3.63, 3.8) is 0 Å². The maximum atomic E-state index is 12.9. The highest BCUT2D eigenvalue weighted by molar-refractivity contribution is 5.95. The van der Waals surface area contributed by atoms with Gasteiger partial charge >= 0.3 is 0 Å². The average Bonchev–Trinajstić information content (AvgIpc) is 3.25. The van der Waals surface area contributed by atoms with E-state index < -0.39 is 0 Å². The van der Waals surface area contributed by atoms with Gasteiger partial charge in [-0.15, -0.1) is 0 Å². The van der Waals surface area contributed by atoms with Crippen LogP contribution in [0.4, 0.5) is 5.82 Å². The van der Waals surface area contributed by atoms with E-state index in [0.29, 0.717) is 36.0 Å². The van der Waals surface area contributed by atoms with Crippen molar-refractivity contribution < 1.29 is 9.59 Å². The molecule has 3 aromatic rings. The highest BCUT2D eigenvalue weighted by Gasteiger charge is 2.30. The second-order valence-corrected chi connectivity index (χ2v) is 6.68. The van der Waals surface area contributed by atoms with Crippen molar-refractivity contribution in [2.75, 3.05) is 18.4 Å². The van der Waals surface area contributed by atoms with Gasteiger partial charge in [-0.3, -0.25) is 19.7 Å². The molecule has 4 heterocycles. The molecule has 1 fully saturated rings. The van der Waals surface area contributed by atoms with Crippen LogP contribution < -0.4 is 5.32 Å². The minimum atomic E-state index is -0.266. The van der Waals surface area contributed by atoms with E-state index in [4.69, 9.17) is 0 Å². The number of carbonyl (C=O) groups is 2. The van der Waals surface area contributed by atoms with Gasteiger partial charge in [0.15, 0.2) is 0 Å². The maximum absolute atomic E-state index is 12.9. The number of nitrogens with zero attached hydrogens (tertiary/aromatic N) is 4. The highest BCUT2D eigenvalue weighted by Crippen LogP contribution is 2.21. The van der Waals surface area contributed by atoms with Crippen LogP contribution in [-0.4, -0.2) is 50.0 Å². The summed E-state index contributed by atoms with van der Waals surface area (Å²) in [5.74, 6) is -0.0255. The Morgan fingerprint density at radius 2 is 1.89 bits per heavy atom. The van der Waals surface area contributed by atoms with Crippen LogP contribution in [0.2, 0.25) is 0 Å². The van der Waals surface area contributed by atoms with Crippen molar-refractivity contribution in [1.29, 1.82) is 0 Å². The summed E-state index contributed by atoms with van der Waals surface area (Å²) in [7, 11) is 0. The molecular formula is C20H20N6O2. The molecule has 0 aromatic carbocycles. The molecule has 0 aliphatic carbocycles. The number of hydrogen-bond acceptors (Lipinski definition) is 5. The van der Waals surface area contributed by atoms with E-state index in [0.717, 1.165) is 12.8 Å². The first-order chi connectivity index (χ1) is 13.7. The Kier molecular flexibility index (Phi) is 5.09. The van der Waals surface area contributed by atoms with Gasteiger partial charge in [-0.1, -0.05) is 12.1 Å². The number of rotatable bonds is 4. The zero-order valence-electron chi connectivity index (χ0n) is 15.2. The number of hydrogen-bond donors (Lipinski definition) is 2. The number of amides is 2. The molecule has 142 valence electrons. The number of pyridine rings is 2. The molecule has 8 heteroatoms. The first kappa shape index (κ1) is 17.8. The number of carbonyl (C=O) groups excluding carboxylic acids is 2. The van der Waals surface area contributed by atoms with Crippen molar-refractivity contribution >= 4 is 17.6 Å². The van der Waals surface area contributed by atoms with E-state index in [2.05, 4.69) is 25.5 Å². The van der Waals surface area contributed by atoms with Gasteiger partial charge in [0.1, 0.15) is 17.2 Å². The molecule has 1 saturated heterocycles. The molecule has 2 N–H and O–H groups in total. The Morgan fingerprint density at radius 1 is 1.07 bits per heavy atom. The zero-order valence-corrected chi connectivity index (χ0v) is 15.2. The Hall–Kier alpha value is -3.55. The lowest BCUT2D eigenvalue weighted by atomic mass is 9.97. The van der Waals surface area contributed by atoms with Gasteiger partial charge < -0.3 is 10.2 Å². The van der Waals surface area contributed by atoms with Crippen LogP contribution in [0.3, 0.4) is 0 Å². The van der Waals surface area contributed by atoms with Gasteiger partial charge in [-0.25, -0.2) is 4.98 Å². The number of aromatic amines is 1. The fourth-order valence-electron chi connectivity index (χ4n) is 3.29. The maximum Gasteiger partial charge on any atom is 0.271 e. The molecule has 28 heavy (non-hydrogen) atoms. The molecule has 0 saturated carbocycles. The summed E-state index contributed by atoms with van der Waals surface area (Å²) in [5.41, 5.74) is 1.71. The molecule has 4 rings (SSSR count). The van der Waals surface area contributed by atoms with E-state index in [1.54, 1.807) is 35.5 Å². The smallest absolute Gasteiger partial charge is 0.271 e. The normalized spacial score (nSPS) is 16.6. The summed E-state index contributed by atoms with van der Waals surface area (Å²) in [6.07, 6.45) is 4.82. The molecule has 1 aliphatic rings. The number of anilines is 1. The molecule has 1 aliphatic heterocycles. The standard InChI is InChI=1S/C20H20N6O2/c27-19(23-18-8-2-4-10-22-18)14-6-5-11-26(13-14)20(28)17-12-16(24-25-17)15-7-1-3-9-21-15/h1-4,7-10,12,14H,5-6,11,13H2,(H,24,25)(H,22,23,27). The van der Waals surface area contributed by atoms with E-state index in [1.165, 1.54) is 0 Å². The molecule has 3 aromatic heterocycles. The van der Waals surface area contributed by atoms with Gasteiger partial charge in [-0.05, 0) is 43.2 Å². The highest BCUT2D eigenvalue weighted by atomic mass is 16.2. The zero-order chi connectivity index (χ0) is 19.3. The third-order valence-corrected chi connectivity index (χ3v) is 4.73. The second-order valence-electron chi connectivity index (χ2n) is 6.68. The summed E-state index contributed by atoms with van der Waals surface area (Å²) in [5, 5.41) is 9.80. The first-order valence-electron chi connectivity index (χ1n) is 9.19. The summed E-state index contributed by atoms with van der Waals surface area (Å²) >= 11 is 0. The lowest BCUT2D eigenvalue weighted by Crippen LogP contribution is -2.44. The monoisotopic (exact) mass is 376 g/mol. The van der Waals surface area contributed by atoms with Crippen molar-refractivity contribution in [2.45, 2.75) is 12.8 Å². The van der Waals surface area contributed by atoms with Gasteiger partial charge in [0.05, 0.1) is 11.6 Å². The Labute approximate surface area is 162 Å². The van der Waals surface area contributed by atoms with Crippen LogP contribution in [0.15, 0.2) is 54.9 Å². The van der Waals surface area contributed by atoms with Crippen molar-refractivity contribution in [3.8, 4) is 11.4 Å². The largest absolute Gasteiger partial charge is 0.337 e. The Morgan fingerprint density at radius 3 is 2.64 bits per heavy atom. The number of nitrogens with one attached hydrogen (secondary N) is 2. The molecule has 8 nitrogen and oxygen atoms in total. The van der Waals surface area contributed by atoms with Crippen LogP contribution in [0.1, 0.15) is 23.3 Å². The SMILES string of the molecule is O=C(Nc1ccccn1)C1CCCN(C(=O)c2cc(-c3ccccn3)n[nH]2)C1. The molecule has 0 spiro atoms. The van der Waals surface area contributed by atoms with Crippen molar-refractivity contribution in [3.05, 3.63) is 60.6 Å². The summed E-state index contributed by atoms with van der Waals surface area (Å²) < 4.78 is 0. The van der Waals surface area contributed by atoms with E-state index in [1.807, 2.05) is 24.3 Å². The quantitative estimate of drug-likeness (QED) is 0.727. The third-order valence-electron chi connectivity index (χ3n) is 4.73. The molecule has 2 amide bonds. The van der Waals surface area contributed by atoms with Gasteiger partial charge in [0, 0.05) is 25.5 Å². The molecule has 1 atom stereocenters. The van der Waals surface area contributed by atoms with E-state index >= 15 is 0 Å². The third kappa shape index (κ3) is 3.90. The molecule has 1 unspecified atom stereocenters. The van der Waals surface area contributed by atoms with Crippen molar-refractivity contribution in [2.24, 2.45) is 5.92 Å². The lowest BCUT2D eigenvalue weighted by molar-refractivity contribution is -0.121. The van der Waals surface area contributed by atoms with Crippen LogP contribution in [0.5, 0.6) is 0 Å². The van der Waals surface area contributed by atoms with Gasteiger partial charge in [0.2, 0.25) is 5.91 Å². The molecular weight excluding hydrogens is 356 g/mol. The van der Waals surface area contributed by atoms with E-state index in [-0.39, 0.29) is 17.7 Å². The van der Waals surface area contributed by atoms with Crippen LogP contribution in [0, 0.1) is 5.92 Å².